The second kappa shape index (κ2) is 6.44. The predicted molar refractivity (Wildman–Crippen MR) is 75.3 cm³/mol. The van der Waals surface area contributed by atoms with E-state index >= 15 is 0 Å². The first-order valence-corrected chi connectivity index (χ1v) is 7.07. The molecular formula is C15H19N3O3. The molecule has 1 amide bonds. The van der Waals surface area contributed by atoms with Crippen molar-refractivity contribution in [2.24, 2.45) is 0 Å². The van der Waals surface area contributed by atoms with Crippen LogP contribution in [-0.2, 0) is 9.53 Å². The van der Waals surface area contributed by atoms with E-state index in [1.54, 1.807) is 25.4 Å². The number of ether oxygens (including phenoxy) is 1. The standard InChI is InChI=1S/C15H19N3O3/c1-18(15(11-16)7-3-2-4-8-15)13(19)10-21-14(20)12-6-5-9-17-12/h5-6,9,17H,2-4,7-8,10H2,1H3. The molecular weight excluding hydrogens is 270 g/mol. The van der Waals surface area contributed by atoms with Gasteiger partial charge in [0.05, 0.1) is 6.07 Å². The Morgan fingerprint density at radius 3 is 2.71 bits per heavy atom. The van der Waals surface area contributed by atoms with Crippen molar-refractivity contribution in [3.05, 3.63) is 24.0 Å². The summed E-state index contributed by atoms with van der Waals surface area (Å²) in [7, 11) is 1.61. The van der Waals surface area contributed by atoms with Gasteiger partial charge in [0.2, 0.25) is 0 Å². The lowest BCUT2D eigenvalue weighted by molar-refractivity contribution is -0.138. The predicted octanol–water partition coefficient (Wildman–Crippen LogP) is 1.86. The Hall–Kier alpha value is -2.29. The zero-order valence-electron chi connectivity index (χ0n) is 12.1. The monoisotopic (exact) mass is 289 g/mol. The number of nitrogens with zero attached hydrogens (tertiary/aromatic N) is 2. The molecule has 0 saturated heterocycles. The fourth-order valence-electron chi connectivity index (χ4n) is 2.66. The van der Waals surface area contributed by atoms with Gasteiger partial charge < -0.3 is 14.6 Å². The number of carbonyl (C=O) groups excluding carboxylic acids is 2. The van der Waals surface area contributed by atoms with Gasteiger partial charge in [-0.3, -0.25) is 4.79 Å². The molecule has 1 aromatic rings. The Kier molecular flexibility index (Phi) is 4.63. The minimum absolute atomic E-state index is 0.304. The molecule has 1 N–H and O–H groups in total. The van der Waals surface area contributed by atoms with Gasteiger partial charge in [-0.05, 0) is 25.0 Å². The van der Waals surface area contributed by atoms with Crippen molar-refractivity contribution >= 4 is 11.9 Å². The molecule has 2 rings (SSSR count). The minimum atomic E-state index is -0.756. The van der Waals surface area contributed by atoms with Crippen molar-refractivity contribution in [3.8, 4) is 6.07 Å². The largest absolute Gasteiger partial charge is 0.451 e. The molecule has 112 valence electrons. The highest BCUT2D eigenvalue weighted by Crippen LogP contribution is 2.32. The third kappa shape index (κ3) is 3.24. The molecule has 0 unspecified atom stereocenters. The van der Waals surface area contributed by atoms with Crippen LogP contribution in [0.2, 0.25) is 0 Å². The Morgan fingerprint density at radius 1 is 1.43 bits per heavy atom. The topological polar surface area (TPSA) is 86.2 Å². The minimum Gasteiger partial charge on any atom is -0.451 e. The van der Waals surface area contributed by atoms with Crippen molar-refractivity contribution in [3.63, 3.8) is 0 Å². The maximum absolute atomic E-state index is 12.2. The molecule has 0 spiro atoms. The van der Waals surface area contributed by atoms with Crippen molar-refractivity contribution in [2.75, 3.05) is 13.7 Å². The van der Waals surface area contributed by atoms with E-state index in [9.17, 15) is 14.9 Å². The van der Waals surface area contributed by atoms with Crippen LogP contribution in [0.5, 0.6) is 0 Å². The number of aromatic nitrogens is 1. The average Bonchev–Trinajstić information content (AvgIpc) is 3.06. The SMILES string of the molecule is CN(C(=O)COC(=O)c1ccc[nH]1)C1(C#N)CCCCC1. The Morgan fingerprint density at radius 2 is 2.14 bits per heavy atom. The third-order valence-electron chi connectivity index (χ3n) is 4.05. The smallest absolute Gasteiger partial charge is 0.355 e. The van der Waals surface area contributed by atoms with Crippen LogP contribution in [0.1, 0.15) is 42.6 Å². The average molecular weight is 289 g/mol. The summed E-state index contributed by atoms with van der Waals surface area (Å²) in [6.07, 6.45) is 5.93. The van der Waals surface area contributed by atoms with Crippen LogP contribution < -0.4 is 0 Å². The van der Waals surface area contributed by atoms with Gasteiger partial charge in [0, 0.05) is 13.2 Å². The van der Waals surface area contributed by atoms with Gasteiger partial charge >= 0.3 is 5.97 Å². The number of carbonyl (C=O) groups is 2. The Bertz CT molecular complexity index is 539. The van der Waals surface area contributed by atoms with Gasteiger partial charge in [-0.2, -0.15) is 5.26 Å². The van der Waals surface area contributed by atoms with E-state index in [0.29, 0.717) is 18.5 Å². The number of likely N-dealkylation sites (N-methyl/N-ethyl adjacent to an activating group) is 1. The third-order valence-corrected chi connectivity index (χ3v) is 4.05. The first kappa shape index (κ1) is 15.1. The molecule has 1 saturated carbocycles. The van der Waals surface area contributed by atoms with Crippen molar-refractivity contribution < 1.29 is 14.3 Å². The molecule has 1 aliphatic rings. The number of H-pyrrole nitrogens is 1. The van der Waals surface area contributed by atoms with Crippen LogP contribution in [-0.4, -0.2) is 41.0 Å². The summed E-state index contributed by atoms with van der Waals surface area (Å²) >= 11 is 0. The lowest BCUT2D eigenvalue weighted by Gasteiger charge is -2.38. The molecule has 0 bridgehead atoms. The molecule has 1 aromatic heterocycles. The molecule has 0 radical (unpaired) electrons. The highest BCUT2D eigenvalue weighted by Gasteiger charge is 2.38. The summed E-state index contributed by atoms with van der Waals surface area (Å²) in [6, 6.07) is 5.53. The first-order valence-electron chi connectivity index (χ1n) is 7.07. The molecule has 21 heavy (non-hydrogen) atoms. The number of esters is 1. The molecule has 0 aliphatic heterocycles. The summed E-state index contributed by atoms with van der Waals surface area (Å²) in [5, 5.41) is 9.43. The number of amides is 1. The number of hydrogen-bond donors (Lipinski definition) is 1. The first-order chi connectivity index (χ1) is 10.1. The van der Waals surface area contributed by atoms with E-state index in [-0.39, 0.29) is 12.5 Å². The molecule has 6 heteroatoms. The van der Waals surface area contributed by atoms with Crippen LogP contribution in [0.4, 0.5) is 0 Å². The Balaban J connectivity index is 1.93. The summed E-state index contributed by atoms with van der Waals surface area (Å²) < 4.78 is 4.98. The van der Waals surface area contributed by atoms with Gasteiger partial charge in [0.15, 0.2) is 6.61 Å². The molecule has 0 aromatic carbocycles. The van der Waals surface area contributed by atoms with E-state index in [0.717, 1.165) is 19.3 Å². The number of nitriles is 1. The van der Waals surface area contributed by atoms with Crippen molar-refractivity contribution in [1.82, 2.24) is 9.88 Å². The van der Waals surface area contributed by atoms with E-state index in [4.69, 9.17) is 4.74 Å². The molecule has 1 heterocycles. The van der Waals surface area contributed by atoms with Gasteiger partial charge in [0.1, 0.15) is 11.2 Å². The van der Waals surface area contributed by atoms with E-state index in [1.807, 2.05) is 0 Å². The summed E-state index contributed by atoms with van der Waals surface area (Å²) in [5.74, 6) is -0.922. The van der Waals surface area contributed by atoms with Gasteiger partial charge in [-0.25, -0.2) is 4.79 Å². The molecule has 1 aliphatic carbocycles. The second-order valence-corrected chi connectivity index (χ2v) is 5.32. The maximum Gasteiger partial charge on any atom is 0.355 e. The van der Waals surface area contributed by atoms with Crippen LogP contribution in [0, 0.1) is 11.3 Å². The fourth-order valence-corrected chi connectivity index (χ4v) is 2.66. The van der Waals surface area contributed by atoms with Gasteiger partial charge in [0.25, 0.3) is 5.91 Å². The molecule has 6 nitrogen and oxygen atoms in total. The number of nitrogens with one attached hydrogen (secondary N) is 1. The van der Waals surface area contributed by atoms with Crippen LogP contribution in [0.25, 0.3) is 0 Å². The summed E-state index contributed by atoms with van der Waals surface area (Å²) in [6.45, 7) is -0.349. The number of aromatic amines is 1. The zero-order valence-corrected chi connectivity index (χ0v) is 12.1. The normalized spacial score (nSPS) is 16.8. The van der Waals surface area contributed by atoms with Crippen LogP contribution in [0.3, 0.4) is 0 Å². The highest BCUT2D eigenvalue weighted by molar-refractivity contribution is 5.89. The van der Waals surface area contributed by atoms with E-state index in [1.165, 1.54) is 4.90 Å². The second-order valence-electron chi connectivity index (χ2n) is 5.32. The lowest BCUT2D eigenvalue weighted by atomic mass is 9.81. The molecule has 0 atom stereocenters. The Labute approximate surface area is 123 Å². The zero-order chi connectivity index (χ0) is 15.3. The van der Waals surface area contributed by atoms with E-state index < -0.39 is 11.5 Å². The number of rotatable bonds is 4. The quantitative estimate of drug-likeness (QED) is 0.857. The summed E-state index contributed by atoms with van der Waals surface area (Å²) in [4.78, 5) is 28.0. The van der Waals surface area contributed by atoms with Gasteiger partial charge in [-0.15, -0.1) is 0 Å². The fraction of sp³-hybridized carbons (Fsp3) is 0.533. The van der Waals surface area contributed by atoms with Crippen molar-refractivity contribution in [2.45, 2.75) is 37.6 Å². The number of hydrogen-bond acceptors (Lipinski definition) is 4. The lowest BCUT2D eigenvalue weighted by Crippen LogP contribution is -2.51. The highest BCUT2D eigenvalue weighted by atomic mass is 16.5. The van der Waals surface area contributed by atoms with Crippen molar-refractivity contribution in [1.29, 1.82) is 5.26 Å². The van der Waals surface area contributed by atoms with Crippen LogP contribution >= 0.6 is 0 Å². The van der Waals surface area contributed by atoms with E-state index in [2.05, 4.69) is 11.1 Å². The van der Waals surface area contributed by atoms with Gasteiger partial charge in [-0.1, -0.05) is 19.3 Å². The maximum atomic E-state index is 12.2. The van der Waals surface area contributed by atoms with Crippen LogP contribution in [0.15, 0.2) is 18.3 Å². The summed E-state index contributed by atoms with van der Waals surface area (Å²) in [5.41, 5.74) is -0.452. The molecule has 1 fully saturated rings.